The van der Waals surface area contributed by atoms with Crippen molar-refractivity contribution in [2.45, 2.75) is 26.8 Å². The number of ether oxygens (including phenoxy) is 1. The lowest BCUT2D eigenvalue weighted by molar-refractivity contribution is -0.137. The first-order chi connectivity index (χ1) is 14.1. The summed E-state index contributed by atoms with van der Waals surface area (Å²) in [5.41, 5.74) is 0.0157. The van der Waals surface area contributed by atoms with Crippen molar-refractivity contribution < 1.29 is 31.5 Å². The largest absolute Gasteiger partial charge is 0.468 e. The molecule has 3 rings (SSSR count). The quantitative estimate of drug-likeness (QED) is 0.580. The SMILES string of the molecule is Cc1nn(COc2ccc(F)cc2F)c(C)c1NC(=O)c1cccc(C(F)(F)F)c1. The summed E-state index contributed by atoms with van der Waals surface area (Å²) in [6, 6.07) is 6.89. The molecule has 1 heterocycles. The van der Waals surface area contributed by atoms with Gasteiger partial charge in [-0.1, -0.05) is 6.07 Å². The van der Waals surface area contributed by atoms with Gasteiger partial charge in [0.15, 0.2) is 18.3 Å². The van der Waals surface area contributed by atoms with Gasteiger partial charge < -0.3 is 10.1 Å². The Morgan fingerprint density at radius 1 is 1.13 bits per heavy atom. The number of carbonyl (C=O) groups is 1. The predicted octanol–water partition coefficient (Wildman–Crippen LogP) is 5.09. The molecule has 2 aromatic carbocycles. The number of hydrogen-bond donors (Lipinski definition) is 1. The number of amides is 1. The first-order valence-corrected chi connectivity index (χ1v) is 8.66. The molecule has 3 aromatic rings. The van der Waals surface area contributed by atoms with Crippen LogP contribution in [0, 0.1) is 25.5 Å². The van der Waals surface area contributed by atoms with Crippen molar-refractivity contribution in [1.29, 1.82) is 0 Å². The predicted molar refractivity (Wildman–Crippen MR) is 98.1 cm³/mol. The average molecular weight is 425 g/mol. The fraction of sp³-hybridized carbons (Fsp3) is 0.200. The summed E-state index contributed by atoms with van der Waals surface area (Å²) >= 11 is 0. The second-order valence-corrected chi connectivity index (χ2v) is 6.43. The van der Waals surface area contributed by atoms with Crippen molar-refractivity contribution in [3.63, 3.8) is 0 Å². The van der Waals surface area contributed by atoms with Gasteiger partial charge in [0, 0.05) is 11.6 Å². The van der Waals surface area contributed by atoms with E-state index >= 15 is 0 Å². The number of nitrogens with one attached hydrogen (secondary N) is 1. The Hall–Kier alpha value is -3.43. The van der Waals surface area contributed by atoms with E-state index in [4.69, 9.17) is 4.74 Å². The minimum absolute atomic E-state index is 0.166. The number of carbonyl (C=O) groups excluding carboxylic acids is 1. The number of aryl methyl sites for hydroxylation is 1. The van der Waals surface area contributed by atoms with Gasteiger partial charge >= 0.3 is 6.18 Å². The number of rotatable bonds is 5. The van der Waals surface area contributed by atoms with Gasteiger partial charge in [0.1, 0.15) is 5.82 Å². The molecule has 1 amide bonds. The van der Waals surface area contributed by atoms with Crippen LogP contribution >= 0.6 is 0 Å². The Balaban J connectivity index is 1.76. The molecule has 1 N–H and O–H groups in total. The van der Waals surface area contributed by atoms with E-state index in [-0.39, 0.29) is 18.0 Å². The lowest BCUT2D eigenvalue weighted by atomic mass is 10.1. The number of alkyl halides is 3. The van der Waals surface area contributed by atoms with Gasteiger partial charge in [0.2, 0.25) is 0 Å². The van der Waals surface area contributed by atoms with Gasteiger partial charge in [-0.15, -0.1) is 0 Å². The molecule has 10 heteroatoms. The van der Waals surface area contributed by atoms with Gasteiger partial charge in [0.25, 0.3) is 5.91 Å². The smallest absolute Gasteiger partial charge is 0.416 e. The van der Waals surface area contributed by atoms with Crippen molar-refractivity contribution in [1.82, 2.24) is 9.78 Å². The molecule has 0 unspecified atom stereocenters. The van der Waals surface area contributed by atoms with E-state index in [9.17, 15) is 26.7 Å². The van der Waals surface area contributed by atoms with Crippen LogP contribution in [0.25, 0.3) is 0 Å². The van der Waals surface area contributed by atoms with Crippen molar-refractivity contribution >= 4 is 11.6 Å². The van der Waals surface area contributed by atoms with Crippen LogP contribution in [-0.2, 0) is 12.9 Å². The Labute approximate surface area is 168 Å². The first-order valence-electron chi connectivity index (χ1n) is 8.66. The summed E-state index contributed by atoms with van der Waals surface area (Å²) in [5, 5.41) is 6.72. The van der Waals surface area contributed by atoms with E-state index in [0.717, 1.165) is 30.3 Å². The molecule has 0 aliphatic carbocycles. The zero-order chi connectivity index (χ0) is 22.1. The molecule has 158 valence electrons. The summed E-state index contributed by atoms with van der Waals surface area (Å²) in [7, 11) is 0. The first kappa shape index (κ1) is 21.3. The number of halogens is 5. The zero-order valence-electron chi connectivity index (χ0n) is 15.8. The van der Waals surface area contributed by atoms with Gasteiger partial charge in [0.05, 0.1) is 22.6 Å². The van der Waals surface area contributed by atoms with E-state index < -0.39 is 29.3 Å². The van der Waals surface area contributed by atoms with Crippen LogP contribution in [0.5, 0.6) is 5.75 Å². The number of nitrogens with zero attached hydrogens (tertiary/aromatic N) is 2. The van der Waals surface area contributed by atoms with Crippen LogP contribution in [0.4, 0.5) is 27.6 Å². The van der Waals surface area contributed by atoms with Crippen LogP contribution in [0.15, 0.2) is 42.5 Å². The zero-order valence-corrected chi connectivity index (χ0v) is 15.8. The highest BCUT2D eigenvalue weighted by Crippen LogP contribution is 2.30. The average Bonchev–Trinajstić information content (AvgIpc) is 2.94. The molecule has 0 saturated heterocycles. The number of benzene rings is 2. The van der Waals surface area contributed by atoms with Crippen molar-refractivity contribution in [2.24, 2.45) is 0 Å². The van der Waals surface area contributed by atoms with Crippen LogP contribution in [-0.4, -0.2) is 15.7 Å². The van der Waals surface area contributed by atoms with E-state index in [1.807, 2.05) is 0 Å². The molecule has 0 fully saturated rings. The van der Waals surface area contributed by atoms with Crippen molar-refractivity contribution in [2.75, 3.05) is 5.32 Å². The minimum Gasteiger partial charge on any atom is -0.468 e. The Bertz CT molecular complexity index is 1090. The number of aromatic nitrogens is 2. The molecule has 30 heavy (non-hydrogen) atoms. The number of hydrogen-bond acceptors (Lipinski definition) is 3. The van der Waals surface area contributed by atoms with Gasteiger partial charge in [-0.3, -0.25) is 4.79 Å². The summed E-state index contributed by atoms with van der Waals surface area (Å²) in [6.07, 6.45) is -4.57. The van der Waals surface area contributed by atoms with Gasteiger partial charge in [-0.05, 0) is 44.2 Å². The monoisotopic (exact) mass is 425 g/mol. The van der Waals surface area contributed by atoms with E-state index in [1.54, 1.807) is 13.8 Å². The van der Waals surface area contributed by atoms with E-state index in [2.05, 4.69) is 10.4 Å². The molecular formula is C20H16F5N3O2. The van der Waals surface area contributed by atoms with E-state index in [1.165, 1.54) is 10.7 Å². The van der Waals surface area contributed by atoms with Crippen LogP contribution in [0.1, 0.15) is 27.3 Å². The molecule has 0 atom stereocenters. The maximum absolute atomic E-state index is 13.7. The third-order valence-corrected chi connectivity index (χ3v) is 4.31. The van der Waals surface area contributed by atoms with Crippen molar-refractivity contribution in [3.8, 4) is 5.75 Å². The van der Waals surface area contributed by atoms with Crippen LogP contribution in [0.3, 0.4) is 0 Å². The summed E-state index contributed by atoms with van der Waals surface area (Å²) < 4.78 is 71.8. The molecule has 1 aromatic heterocycles. The lowest BCUT2D eigenvalue weighted by Gasteiger charge is -2.10. The maximum Gasteiger partial charge on any atom is 0.416 e. The van der Waals surface area contributed by atoms with Gasteiger partial charge in [-0.25, -0.2) is 13.5 Å². The van der Waals surface area contributed by atoms with Crippen LogP contribution in [0.2, 0.25) is 0 Å². The summed E-state index contributed by atoms with van der Waals surface area (Å²) in [4.78, 5) is 12.4. The lowest BCUT2D eigenvalue weighted by Crippen LogP contribution is -2.15. The molecule has 0 aliphatic heterocycles. The topological polar surface area (TPSA) is 56.1 Å². The third-order valence-electron chi connectivity index (χ3n) is 4.31. The third kappa shape index (κ3) is 4.58. The van der Waals surface area contributed by atoms with E-state index in [0.29, 0.717) is 23.1 Å². The Morgan fingerprint density at radius 2 is 1.87 bits per heavy atom. The summed E-state index contributed by atoms with van der Waals surface area (Å²) in [5.74, 6) is -2.55. The fourth-order valence-electron chi connectivity index (χ4n) is 2.75. The Morgan fingerprint density at radius 3 is 2.53 bits per heavy atom. The number of anilines is 1. The molecular weight excluding hydrogens is 409 g/mol. The molecule has 0 spiro atoms. The van der Waals surface area contributed by atoms with Crippen molar-refractivity contribution in [3.05, 3.63) is 76.6 Å². The molecule has 0 saturated carbocycles. The Kier molecular flexibility index (Phi) is 5.77. The second kappa shape index (κ2) is 8.13. The summed E-state index contributed by atoms with van der Waals surface area (Å²) in [6.45, 7) is 2.96. The molecule has 0 bridgehead atoms. The minimum atomic E-state index is -4.57. The highest BCUT2D eigenvalue weighted by Gasteiger charge is 2.31. The van der Waals surface area contributed by atoms with Crippen LogP contribution < -0.4 is 10.1 Å². The highest BCUT2D eigenvalue weighted by molar-refractivity contribution is 6.05. The molecule has 0 radical (unpaired) electrons. The fourth-order valence-corrected chi connectivity index (χ4v) is 2.75. The molecule has 5 nitrogen and oxygen atoms in total. The second-order valence-electron chi connectivity index (χ2n) is 6.43. The maximum atomic E-state index is 13.7. The molecule has 0 aliphatic rings. The standard InChI is InChI=1S/C20H16F5N3O2/c1-11-18(26-19(29)13-4-3-5-14(8-13)20(23,24)25)12(2)28(27-11)10-30-17-7-6-15(21)9-16(17)22/h3-9H,10H2,1-2H3,(H,26,29). The highest BCUT2D eigenvalue weighted by atomic mass is 19.4. The normalized spacial score (nSPS) is 11.4. The van der Waals surface area contributed by atoms with Gasteiger partial charge in [-0.2, -0.15) is 18.3 Å².